The van der Waals surface area contributed by atoms with Crippen molar-refractivity contribution in [3.63, 3.8) is 0 Å². The second kappa shape index (κ2) is 20.6. The van der Waals surface area contributed by atoms with Crippen LogP contribution in [-0.2, 0) is 20.9 Å². The summed E-state index contributed by atoms with van der Waals surface area (Å²) in [6.07, 6.45) is 17.3. The lowest BCUT2D eigenvalue weighted by molar-refractivity contribution is -0.233. The smallest absolute Gasteiger partial charge is 0.160 e. The molecule has 79 heavy (non-hydrogen) atoms. The monoisotopic (exact) mass is 1080 g/mol. The van der Waals surface area contributed by atoms with Crippen molar-refractivity contribution < 1.29 is 34.8 Å². The first-order valence-corrected chi connectivity index (χ1v) is 32.2. The molecule has 2 saturated heterocycles. The number of allylic oxidation sites excluding steroid dienone is 2. The fraction of sp³-hybridized carbons (Fsp3) is 0.768. The molecule has 2 aliphatic heterocycles. The van der Waals surface area contributed by atoms with Gasteiger partial charge >= 0.3 is 0 Å². The number of aliphatic hydroxyl groups excluding tert-OH is 2. The Labute approximate surface area is 474 Å². The Balaban J connectivity index is 1.03. The highest BCUT2D eigenvalue weighted by Crippen LogP contribution is 2.79. The van der Waals surface area contributed by atoms with Crippen LogP contribution in [0.25, 0.3) is 0 Å². The van der Waals surface area contributed by atoms with Crippen LogP contribution in [0.1, 0.15) is 205 Å². The number of phenolic OH excluding ortho intramolecular Hbond substituents is 1. The molecule has 8 fully saturated rings. The van der Waals surface area contributed by atoms with E-state index in [1.165, 1.54) is 24.0 Å². The Morgan fingerprint density at radius 3 is 2.42 bits per heavy atom. The molecule has 12 rings (SSSR count). The van der Waals surface area contributed by atoms with Gasteiger partial charge < -0.3 is 41.5 Å². The number of carbonyl (C=O) groups excluding carboxylic acids is 2. The zero-order chi connectivity index (χ0) is 55.8. The molecule has 0 radical (unpaired) electrons. The average molecular weight is 1080 g/mol. The molecular weight excluding hydrogens is 983 g/mol. The number of nitrogens with two attached hydrogens (primary N) is 1. The highest BCUT2D eigenvalue weighted by atomic mass is 16.6. The zero-order valence-electron chi connectivity index (χ0n) is 49.6. The van der Waals surface area contributed by atoms with Crippen LogP contribution in [0.3, 0.4) is 0 Å². The van der Waals surface area contributed by atoms with E-state index in [-0.39, 0.29) is 83.4 Å². The lowest BCUT2D eigenvalue weighted by atomic mass is 9.30. The summed E-state index contributed by atoms with van der Waals surface area (Å²) < 4.78 is 6.99. The summed E-state index contributed by atoms with van der Waals surface area (Å²) in [6.45, 7) is 17.3. The predicted molar refractivity (Wildman–Crippen MR) is 312 cm³/mol. The number of anilines is 1. The minimum atomic E-state index is -0.936. The number of benzene rings is 2. The molecule has 2 heterocycles. The quantitative estimate of drug-likeness (QED) is 0.0846. The van der Waals surface area contributed by atoms with Gasteiger partial charge in [0.05, 0.1) is 17.3 Å². The standard InChI is InChI=1S/C69H101N3O7/c1-39(2)20-21-43-30-44-16-11-14-41-22-23-49(60(76)63-68(7,79-63)51-19-13-18-48(51)42-15-12-17-46(70)31-42)58(57(41)44)59-52-24-25-56-66(5)33-50(45-28-40(36-71-8)29-47(74)32-45)62(77)65(4)27-10-9-26-64(3,78)38-72-54(61(65)66)34-69(56,53(43)37-73)67(52,6)35-55(59)75/h12,15,17,28-29,31-32,39,41,43-44,48-51,53-54,56-58,60-61,63,71-74,76,78H,9-11,13-14,16,18-27,30,33-38,70H2,1-8H3. The summed E-state index contributed by atoms with van der Waals surface area (Å²) in [5.74, 6) is 2.55. The summed E-state index contributed by atoms with van der Waals surface area (Å²) in [4.78, 5) is 32.3. The first-order chi connectivity index (χ1) is 37.6. The molecule has 1 spiro atoms. The van der Waals surface area contributed by atoms with Crippen LogP contribution < -0.4 is 16.4 Å². The Morgan fingerprint density at radius 1 is 0.886 bits per heavy atom. The van der Waals surface area contributed by atoms with Gasteiger partial charge in [0.25, 0.3) is 0 Å². The van der Waals surface area contributed by atoms with E-state index in [9.17, 15) is 20.4 Å². The van der Waals surface area contributed by atoms with Crippen molar-refractivity contribution in [1.82, 2.24) is 10.6 Å². The third-order valence-corrected chi connectivity index (χ3v) is 25.7. The highest BCUT2D eigenvalue weighted by molar-refractivity contribution is 6.01. The number of rotatable bonds is 11. The lowest BCUT2D eigenvalue weighted by Crippen LogP contribution is -2.73. The molecule has 2 aromatic carbocycles. The fourth-order valence-electron chi connectivity index (χ4n) is 22.8. The Hall–Kier alpha value is -3.12. The summed E-state index contributed by atoms with van der Waals surface area (Å²) in [6, 6.07) is 14.1. The summed E-state index contributed by atoms with van der Waals surface area (Å²) >= 11 is 0. The predicted octanol–water partition coefficient (Wildman–Crippen LogP) is 12.0. The van der Waals surface area contributed by atoms with Crippen LogP contribution in [-0.4, -0.2) is 81.6 Å². The number of carbonyl (C=O) groups is 2. The van der Waals surface area contributed by atoms with Gasteiger partial charge in [-0.25, -0.2) is 0 Å². The topological polar surface area (TPSA) is 178 Å². The molecule has 0 aromatic heterocycles. The number of phenols is 1. The van der Waals surface area contributed by atoms with Crippen molar-refractivity contribution in [2.24, 2.45) is 86.8 Å². The molecule has 8 aliphatic carbocycles. The van der Waals surface area contributed by atoms with Crippen molar-refractivity contribution in [3.05, 3.63) is 70.3 Å². The van der Waals surface area contributed by atoms with Crippen LogP contribution >= 0.6 is 0 Å². The van der Waals surface area contributed by atoms with Crippen LogP contribution in [0.15, 0.2) is 53.6 Å². The van der Waals surface area contributed by atoms with E-state index < -0.39 is 44.9 Å². The number of nitrogen functional groups attached to an aromatic ring is 1. The summed E-state index contributed by atoms with van der Waals surface area (Å²) in [5.41, 5.74) is 9.07. The molecule has 10 aliphatic rings. The number of hydrogen-bond acceptors (Lipinski definition) is 10. The Morgan fingerprint density at radius 2 is 1.66 bits per heavy atom. The SMILES string of the molecule is CNCc1cc(O)cc(C2CC3(C)C4C(CC56C(CO)C(CCC(C)C)CC7CCCC8CCC(C(O)C9OC9(C)C9CCCC9c9cccc(N)c9)C(C9=C(CCC35)C6(C)CC9=O)C87)NCC(C)(O)CCCCC4(C)C2=O)c1. The second-order valence-corrected chi connectivity index (χ2v) is 30.4. The largest absolute Gasteiger partial charge is 0.508 e. The van der Waals surface area contributed by atoms with E-state index in [1.54, 1.807) is 0 Å². The zero-order valence-corrected chi connectivity index (χ0v) is 49.6. The normalized spacial score (nSPS) is 46.1. The van der Waals surface area contributed by atoms with Gasteiger partial charge in [0, 0.05) is 54.6 Å². The number of hydrogen-bond donors (Lipinski definition) is 7. The molecule has 10 nitrogen and oxygen atoms in total. The minimum absolute atomic E-state index is 0.0511. The molecule has 2 aromatic rings. The summed E-state index contributed by atoms with van der Waals surface area (Å²) in [7, 11) is 1.92. The van der Waals surface area contributed by atoms with E-state index in [1.807, 2.05) is 32.2 Å². The number of nitrogens with one attached hydrogen (secondary N) is 2. The van der Waals surface area contributed by atoms with Crippen LogP contribution in [0, 0.1) is 86.8 Å². The molecule has 6 saturated carbocycles. The third-order valence-electron chi connectivity index (χ3n) is 25.7. The number of β-amino-alcohol motifs (C(OH)–C–C–N with tert-alkyl or cyclic N) is 1. The van der Waals surface area contributed by atoms with E-state index >= 15 is 9.59 Å². The van der Waals surface area contributed by atoms with Crippen LogP contribution in [0.2, 0.25) is 0 Å². The van der Waals surface area contributed by atoms with Gasteiger partial charge in [-0.3, -0.25) is 9.59 Å². The number of ketones is 2. The average Bonchev–Trinajstić information content (AvgIpc) is 2.30. The number of aliphatic hydroxyl groups is 3. The van der Waals surface area contributed by atoms with E-state index in [4.69, 9.17) is 10.5 Å². The van der Waals surface area contributed by atoms with Crippen molar-refractivity contribution in [1.29, 1.82) is 0 Å². The molecular formula is C69H101N3O7. The first-order valence-electron chi connectivity index (χ1n) is 32.2. The number of epoxide rings is 1. The Bertz CT molecular complexity index is 2680. The molecule has 21 unspecified atom stereocenters. The van der Waals surface area contributed by atoms with E-state index in [0.29, 0.717) is 56.0 Å². The van der Waals surface area contributed by atoms with Crippen molar-refractivity contribution in [2.45, 2.75) is 225 Å². The van der Waals surface area contributed by atoms with Crippen molar-refractivity contribution in [2.75, 3.05) is 25.9 Å². The third kappa shape index (κ3) is 8.94. The molecule has 4 bridgehead atoms. The number of fused-ring (bicyclic) bond motifs is 2. The first kappa shape index (κ1) is 56.4. The van der Waals surface area contributed by atoms with Gasteiger partial charge in [-0.1, -0.05) is 103 Å². The number of Topliss-reactive ketones (excluding diaryl/α,β-unsaturated/α-hetero) is 2. The van der Waals surface area contributed by atoms with Gasteiger partial charge in [-0.2, -0.15) is 0 Å². The highest BCUT2D eigenvalue weighted by Gasteiger charge is 2.76. The maximum Gasteiger partial charge on any atom is 0.160 e. The number of aromatic hydroxyl groups is 1. The molecule has 434 valence electrons. The van der Waals surface area contributed by atoms with Crippen molar-refractivity contribution in [3.8, 4) is 5.75 Å². The van der Waals surface area contributed by atoms with Crippen LogP contribution in [0.4, 0.5) is 5.69 Å². The van der Waals surface area contributed by atoms with Gasteiger partial charge in [0.15, 0.2) is 5.78 Å². The maximum atomic E-state index is 16.3. The van der Waals surface area contributed by atoms with E-state index in [2.05, 4.69) is 76.4 Å². The molecule has 8 N–H and O–H groups in total. The van der Waals surface area contributed by atoms with Gasteiger partial charge in [-0.05, 0) is 226 Å². The minimum Gasteiger partial charge on any atom is -0.508 e. The second-order valence-electron chi connectivity index (χ2n) is 30.4. The fourth-order valence-corrected chi connectivity index (χ4v) is 22.8. The van der Waals surface area contributed by atoms with Gasteiger partial charge in [0.1, 0.15) is 17.6 Å². The van der Waals surface area contributed by atoms with Gasteiger partial charge in [-0.15, -0.1) is 0 Å². The molecule has 0 amide bonds. The molecule has 21 atom stereocenters. The Kier molecular flexibility index (Phi) is 14.7. The van der Waals surface area contributed by atoms with E-state index in [0.717, 1.165) is 119 Å². The summed E-state index contributed by atoms with van der Waals surface area (Å²) in [5, 5.41) is 57.2. The number of ether oxygens (including phenoxy) is 1. The van der Waals surface area contributed by atoms with Crippen LogP contribution in [0.5, 0.6) is 5.75 Å². The van der Waals surface area contributed by atoms with Crippen molar-refractivity contribution >= 4 is 17.3 Å². The lowest BCUT2D eigenvalue weighted by Gasteiger charge is -2.74. The molecule has 10 heteroatoms. The maximum absolute atomic E-state index is 16.3. The van der Waals surface area contributed by atoms with Gasteiger partial charge in [0.2, 0.25) is 0 Å².